The number of nitrogens with one attached hydrogen (secondary N) is 1. The summed E-state index contributed by atoms with van der Waals surface area (Å²) in [5, 5.41) is 5.00. The first-order chi connectivity index (χ1) is 9.70. The van der Waals surface area contributed by atoms with Crippen molar-refractivity contribution in [1.82, 2.24) is 5.32 Å². The van der Waals surface area contributed by atoms with E-state index in [1.807, 2.05) is 49.4 Å². The van der Waals surface area contributed by atoms with Gasteiger partial charge in [-0.05, 0) is 22.8 Å². The van der Waals surface area contributed by atoms with Crippen molar-refractivity contribution in [2.75, 3.05) is 12.3 Å². The first-order valence-electron chi connectivity index (χ1n) is 6.79. The van der Waals surface area contributed by atoms with E-state index in [4.69, 9.17) is 0 Å². The molecule has 2 rings (SSSR count). The molecule has 3 nitrogen and oxygen atoms in total. The summed E-state index contributed by atoms with van der Waals surface area (Å²) in [5.41, 5.74) is 1.03. The molecule has 0 spiro atoms. The van der Waals surface area contributed by atoms with E-state index in [2.05, 4.69) is 5.32 Å². The first-order valence-corrected chi connectivity index (χ1v) is 8.28. The number of benzene rings is 2. The molecule has 4 heteroatoms. The molecule has 1 N–H and O–H groups in total. The molecule has 0 heterocycles. The predicted molar refractivity (Wildman–Crippen MR) is 84.0 cm³/mol. The summed E-state index contributed by atoms with van der Waals surface area (Å²) < 4.78 is 12.1. The van der Waals surface area contributed by atoms with Gasteiger partial charge >= 0.3 is 0 Å². The SMILES string of the molecule is CCCNC(=O)C[S@](=O)Cc1cccc2ccccc12. The zero-order valence-electron chi connectivity index (χ0n) is 11.6. The quantitative estimate of drug-likeness (QED) is 0.888. The van der Waals surface area contributed by atoms with E-state index >= 15 is 0 Å². The Morgan fingerprint density at radius 3 is 2.70 bits per heavy atom. The Morgan fingerprint density at radius 2 is 1.90 bits per heavy atom. The molecule has 0 unspecified atom stereocenters. The topological polar surface area (TPSA) is 46.2 Å². The molecular formula is C16H19NO2S. The van der Waals surface area contributed by atoms with Crippen LogP contribution in [0.5, 0.6) is 0 Å². The average Bonchev–Trinajstić information content (AvgIpc) is 2.45. The van der Waals surface area contributed by atoms with Crippen molar-refractivity contribution in [3.63, 3.8) is 0 Å². The maximum atomic E-state index is 12.1. The van der Waals surface area contributed by atoms with Gasteiger partial charge in [-0.15, -0.1) is 0 Å². The molecule has 0 aliphatic carbocycles. The molecular weight excluding hydrogens is 270 g/mol. The lowest BCUT2D eigenvalue weighted by Gasteiger charge is -2.07. The Labute approximate surface area is 121 Å². The van der Waals surface area contributed by atoms with Gasteiger partial charge in [0.15, 0.2) is 0 Å². The van der Waals surface area contributed by atoms with Gasteiger partial charge in [-0.25, -0.2) is 0 Å². The third-order valence-corrected chi connectivity index (χ3v) is 4.28. The van der Waals surface area contributed by atoms with Gasteiger partial charge < -0.3 is 5.32 Å². The van der Waals surface area contributed by atoms with Crippen LogP contribution < -0.4 is 5.32 Å². The zero-order chi connectivity index (χ0) is 14.4. The van der Waals surface area contributed by atoms with Crippen LogP contribution >= 0.6 is 0 Å². The normalized spacial score (nSPS) is 12.2. The van der Waals surface area contributed by atoms with Gasteiger partial charge in [0.2, 0.25) is 5.91 Å². The van der Waals surface area contributed by atoms with Gasteiger partial charge in [0.05, 0.1) is 0 Å². The summed E-state index contributed by atoms with van der Waals surface area (Å²) in [4.78, 5) is 11.6. The van der Waals surface area contributed by atoms with Crippen LogP contribution in [-0.2, 0) is 21.3 Å². The van der Waals surface area contributed by atoms with Gasteiger partial charge in [-0.3, -0.25) is 9.00 Å². The van der Waals surface area contributed by atoms with E-state index in [9.17, 15) is 9.00 Å². The van der Waals surface area contributed by atoms with Gasteiger partial charge in [-0.1, -0.05) is 49.4 Å². The van der Waals surface area contributed by atoms with Crippen molar-refractivity contribution in [2.45, 2.75) is 19.1 Å². The smallest absolute Gasteiger partial charge is 0.232 e. The molecule has 0 aromatic heterocycles. The van der Waals surface area contributed by atoms with Gasteiger partial charge in [0.25, 0.3) is 0 Å². The number of hydrogen-bond acceptors (Lipinski definition) is 2. The number of amides is 1. The highest BCUT2D eigenvalue weighted by molar-refractivity contribution is 7.84. The van der Waals surface area contributed by atoms with E-state index in [1.165, 1.54) is 0 Å². The second-order valence-corrected chi connectivity index (χ2v) is 6.17. The largest absolute Gasteiger partial charge is 0.355 e. The Kier molecular flexibility index (Phi) is 5.30. The van der Waals surface area contributed by atoms with Crippen molar-refractivity contribution < 1.29 is 9.00 Å². The van der Waals surface area contributed by atoms with E-state index in [-0.39, 0.29) is 11.7 Å². The van der Waals surface area contributed by atoms with Crippen LogP contribution in [-0.4, -0.2) is 22.4 Å². The first kappa shape index (κ1) is 14.7. The summed E-state index contributed by atoms with van der Waals surface area (Å²) in [6.07, 6.45) is 0.891. The minimum atomic E-state index is -1.17. The van der Waals surface area contributed by atoms with Crippen molar-refractivity contribution in [2.24, 2.45) is 0 Å². The molecule has 0 fully saturated rings. The van der Waals surface area contributed by atoms with Crippen LogP contribution in [0.1, 0.15) is 18.9 Å². The highest BCUT2D eigenvalue weighted by Gasteiger charge is 2.09. The van der Waals surface area contributed by atoms with Crippen molar-refractivity contribution in [1.29, 1.82) is 0 Å². The second-order valence-electron chi connectivity index (χ2n) is 4.72. The lowest BCUT2D eigenvalue weighted by Crippen LogP contribution is -2.29. The summed E-state index contributed by atoms with van der Waals surface area (Å²) in [5.74, 6) is 0.356. The van der Waals surface area contributed by atoms with E-state index < -0.39 is 10.8 Å². The van der Waals surface area contributed by atoms with E-state index in [0.29, 0.717) is 12.3 Å². The molecule has 0 aliphatic rings. The maximum absolute atomic E-state index is 12.1. The van der Waals surface area contributed by atoms with Crippen LogP contribution in [0.2, 0.25) is 0 Å². The Balaban J connectivity index is 2.05. The van der Waals surface area contributed by atoms with Crippen molar-refractivity contribution >= 4 is 27.5 Å². The van der Waals surface area contributed by atoms with E-state index in [0.717, 1.165) is 22.8 Å². The van der Waals surface area contributed by atoms with Crippen LogP contribution in [0.3, 0.4) is 0 Å². The number of rotatable bonds is 6. The van der Waals surface area contributed by atoms with Crippen molar-refractivity contribution in [3.8, 4) is 0 Å². The summed E-state index contributed by atoms with van der Waals surface area (Å²) >= 11 is 0. The molecule has 0 saturated carbocycles. The number of hydrogen-bond donors (Lipinski definition) is 1. The zero-order valence-corrected chi connectivity index (χ0v) is 12.4. The number of carbonyl (C=O) groups excluding carboxylic acids is 1. The molecule has 0 aliphatic heterocycles. The molecule has 0 bridgehead atoms. The van der Waals surface area contributed by atoms with Crippen molar-refractivity contribution in [3.05, 3.63) is 48.0 Å². The maximum Gasteiger partial charge on any atom is 0.232 e. The fourth-order valence-corrected chi connectivity index (χ4v) is 3.20. The molecule has 0 radical (unpaired) electrons. The molecule has 2 aromatic rings. The highest BCUT2D eigenvalue weighted by Crippen LogP contribution is 2.19. The van der Waals surface area contributed by atoms with E-state index in [1.54, 1.807) is 0 Å². The van der Waals surface area contributed by atoms with Crippen LogP contribution in [0.25, 0.3) is 10.8 Å². The monoisotopic (exact) mass is 289 g/mol. The minimum absolute atomic E-state index is 0.0726. The van der Waals surface area contributed by atoms with Gasteiger partial charge in [0, 0.05) is 23.1 Å². The standard InChI is InChI=1S/C16H19NO2S/c1-2-10-17-16(18)12-20(19)11-14-8-5-7-13-6-3-4-9-15(13)14/h3-9H,2,10-12H2,1H3,(H,17,18)/t20-/m1/s1. The number of fused-ring (bicyclic) bond motifs is 1. The lowest BCUT2D eigenvalue weighted by atomic mass is 10.1. The minimum Gasteiger partial charge on any atom is -0.355 e. The summed E-state index contributed by atoms with van der Waals surface area (Å²) in [7, 11) is -1.17. The number of carbonyl (C=O) groups is 1. The predicted octanol–water partition coefficient (Wildman–Crippen LogP) is 2.61. The van der Waals surface area contributed by atoms with Crippen LogP contribution in [0, 0.1) is 0 Å². The molecule has 20 heavy (non-hydrogen) atoms. The van der Waals surface area contributed by atoms with Crippen LogP contribution in [0.15, 0.2) is 42.5 Å². The van der Waals surface area contributed by atoms with Gasteiger partial charge in [0.1, 0.15) is 5.75 Å². The van der Waals surface area contributed by atoms with Gasteiger partial charge in [-0.2, -0.15) is 0 Å². The second kappa shape index (κ2) is 7.20. The fourth-order valence-electron chi connectivity index (χ4n) is 2.10. The summed E-state index contributed by atoms with van der Waals surface area (Å²) in [6, 6.07) is 14.0. The fraction of sp³-hybridized carbons (Fsp3) is 0.312. The Bertz CT molecular complexity index is 619. The molecule has 0 saturated heterocycles. The third kappa shape index (κ3) is 3.90. The molecule has 1 atom stereocenters. The Hall–Kier alpha value is -1.68. The lowest BCUT2D eigenvalue weighted by molar-refractivity contribution is -0.118. The highest BCUT2D eigenvalue weighted by atomic mass is 32.2. The third-order valence-electron chi connectivity index (χ3n) is 3.06. The molecule has 1 amide bonds. The van der Waals surface area contributed by atoms with Crippen LogP contribution in [0.4, 0.5) is 0 Å². The summed E-state index contributed by atoms with van der Waals surface area (Å²) in [6.45, 7) is 2.64. The Morgan fingerprint density at radius 1 is 1.15 bits per heavy atom. The molecule has 2 aromatic carbocycles. The molecule has 106 valence electrons. The average molecular weight is 289 g/mol.